The van der Waals surface area contributed by atoms with E-state index in [2.05, 4.69) is 15.0 Å². The van der Waals surface area contributed by atoms with E-state index in [0.717, 1.165) is 6.42 Å². The SMILES string of the molecule is O=C(O)CC1CCN(C(=O)NCc2ccon2)C1. The highest BCUT2D eigenvalue weighted by atomic mass is 16.5. The van der Waals surface area contributed by atoms with E-state index < -0.39 is 5.97 Å². The van der Waals surface area contributed by atoms with Gasteiger partial charge in [-0.25, -0.2) is 4.79 Å². The van der Waals surface area contributed by atoms with Crippen LogP contribution in [-0.2, 0) is 11.3 Å². The van der Waals surface area contributed by atoms with E-state index in [1.54, 1.807) is 11.0 Å². The number of amides is 2. The Morgan fingerprint density at radius 2 is 2.44 bits per heavy atom. The van der Waals surface area contributed by atoms with E-state index in [0.29, 0.717) is 25.3 Å². The van der Waals surface area contributed by atoms with Crippen molar-refractivity contribution in [3.63, 3.8) is 0 Å². The van der Waals surface area contributed by atoms with Crippen molar-refractivity contribution in [2.75, 3.05) is 13.1 Å². The number of hydrogen-bond donors (Lipinski definition) is 2. The molecule has 0 spiro atoms. The van der Waals surface area contributed by atoms with Crippen molar-refractivity contribution in [3.05, 3.63) is 18.0 Å². The number of nitrogens with one attached hydrogen (secondary N) is 1. The summed E-state index contributed by atoms with van der Waals surface area (Å²) in [5, 5.41) is 15.1. The maximum atomic E-state index is 11.8. The Kier molecular flexibility index (Phi) is 3.81. The zero-order valence-corrected chi connectivity index (χ0v) is 9.83. The smallest absolute Gasteiger partial charge is 0.317 e. The van der Waals surface area contributed by atoms with Crippen LogP contribution in [0.5, 0.6) is 0 Å². The highest BCUT2D eigenvalue weighted by Gasteiger charge is 2.27. The van der Waals surface area contributed by atoms with Crippen molar-refractivity contribution in [2.45, 2.75) is 19.4 Å². The molecule has 1 aliphatic heterocycles. The van der Waals surface area contributed by atoms with Crippen molar-refractivity contribution < 1.29 is 19.2 Å². The number of urea groups is 1. The number of aliphatic carboxylic acids is 1. The van der Waals surface area contributed by atoms with Gasteiger partial charge in [0.05, 0.1) is 6.54 Å². The standard InChI is InChI=1S/C11H15N3O4/c15-10(16)5-8-1-3-14(7-8)11(17)12-6-9-2-4-18-13-9/h2,4,8H,1,3,5-7H2,(H,12,17)(H,15,16). The topological polar surface area (TPSA) is 95.7 Å². The molecule has 2 rings (SSSR count). The van der Waals surface area contributed by atoms with Crippen LogP contribution in [0.2, 0.25) is 0 Å². The molecule has 0 radical (unpaired) electrons. The summed E-state index contributed by atoms with van der Waals surface area (Å²) < 4.78 is 4.65. The van der Waals surface area contributed by atoms with E-state index >= 15 is 0 Å². The van der Waals surface area contributed by atoms with Crippen molar-refractivity contribution in [1.82, 2.24) is 15.4 Å². The Morgan fingerprint density at radius 1 is 1.61 bits per heavy atom. The number of carbonyl (C=O) groups excluding carboxylic acids is 1. The molecule has 18 heavy (non-hydrogen) atoms. The molecule has 1 saturated heterocycles. The number of carboxylic acid groups (broad SMARTS) is 1. The zero-order valence-electron chi connectivity index (χ0n) is 9.83. The second kappa shape index (κ2) is 5.52. The van der Waals surface area contributed by atoms with Gasteiger partial charge in [0.15, 0.2) is 0 Å². The quantitative estimate of drug-likeness (QED) is 0.822. The Hall–Kier alpha value is -2.05. The molecule has 2 N–H and O–H groups in total. The molecule has 1 unspecified atom stereocenters. The Morgan fingerprint density at radius 3 is 3.11 bits per heavy atom. The first-order chi connectivity index (χ1) is 8.65. The first-order valence-electron chi connectivity index (χ1n) is 5.79. The summed E-state index contributed by atoms with van der Waals surface area (Å²) in [5.74, 6) is -0.759. The molecular weight excluding hydrogens is 238 g/mol. The van der Waals surface area contributed by atoms with Crippen molar-refractivity contribution in [2.24, 2.45) is 5.92 Å². The van der Waals surface area contributed by atoms with Gasteiger partial charge in [-0.1, -0.05) is 5.16 Å². The van der Waals surface area contributed by atoms with E-state index in [1.807, 2.05) is 0 Å². The first kappa shape index (κ1) is 12.4. The molecule has 0 aromatic carbocycles. The van der Waals surface area contributed by atoms with Gasteiger partial charge in [-0.3, -0.25) is 4.79 Å². The fraction of sp³-hybridized carbons (Fsp3) is 0.545. The average molecular weight is 253 g/mol. The molecule has 0 bridgehead atoms. The third-order valence-electron chi connectivity index (χ3n) is 2.95. The second-order valence-electron chi connectivity index (χ2n) is 4.35. The lowest BCUT2D eigenvalue weighted by Gasteiger charge is -2.16. The largest absolute Gasteiger partial charge is 0.481 e. The van der Waals surface area contributed by atoms with Crippen LogP contribution in [0.1, 0.15) is 18.5 Å². The summed E-state index contributed by atoms with van der Waals surface area (Å²) in [7, 11) is 0. The fourth-order valence-corrected chi connectivity index (χ4v) is 2.04. The molecule has 1 aliphatic rings. The zero-order chi connectivity index (χ0) is 13.0. The molecule has 2 amide bonds. The lowest BCUT2D eigenvalue weighted by molar-refractivity contribution is -0.138. The average Bonchev–Trinajstić information content (AvgIpc) is 2.95. The van der Waals surface area contributed by atoms with E-state index in [-0.39, 0.29) is 18.4 Å². The minimum Gasteiger partial charge on any atom is -0.481 e. The van der Waals surface area contributed by atoms with Crippen LogP contribution in [0.3, 0.4) is 0 Å². The lowest BCUT2D eigenvalue weighted by atomic mass is 10.1. The number of aromatic nitrogens is 1. The highest BCUT2D eigenvalue weighted by molar-refractivity contribution is 5.74. The minimum atomic E-state index is -0.815. The third kappa shape index (κ3) is 3.22. The monoisotopic (exact) mass is 253 g/mol. The summed E-state index contributed by atoms with van der Waals surface area (Å²) in [6, 6.07) is 1.49. The van der Waals surface area contributed by atoms with Gasteiger partial charge in [0, 0.05) is 25.6 Å². The van der Waals surface area contributed by atoms with Crippen molar-refractivity contribution in [1.29, 1.82) is 0 Å². The Balaban J connectivity index is 1.75. The fourth-order valence-electron chi connectivity index (χ4n) is 2.04. The van der Waals surface area contributed by atoms with Gasteiger partial charge in [0.2, 0.25) is 0 Å². The minimum absolute atomic E-state index is 0.0558. The molecule has 2 heterocycles. The van der Waals surface area contributed by atoms with Crippen LogP contribution in [0.25, 0.3) is 0 Å². The first-order valence-corrected chi connectivity index (χ1v) is 5.79. The predicted octanol–water partition coefficient (Wildman–Crippen LogP) is 0.681. The van der Waals surface area contributed by atoms with Crippen LogP contribution >= 0.6 is 0 Å². The molecule has 0 saturated carbocycles. The molecule has 1 atom stereocenters. The van der Waals surface area contributed by atoms with Crippen LogP contribution < -0.4 is 5.32 Å². The van der Waals surface area contributed by atoms with Gasteiger partial charge < -0.3 is 19.8 Å². The number of carboxylic acids is 1. The maximum absolute atomic E-state index is 11.8. The number of carbonyl (C=O) groups is 2. The summed E-state index contributed by atoms with van der Waals surface area (Å²) in [6.45, 7) is 1.41. The molecule has 0 aliphatic carbocycles. The number of rotatable bonds is 4. The third-order valence-corrected chi connectivity index (χ3v) is 2.95. The van der Waals surface area contributed by atoms with Crippen LogP contribution in [-0.4, -0.2) is 40.3 Å². The molecule has 1 aromatic rings. The molecule has 7 heteroatoms. The predicted molar refractivity (Wildman–Crippen MR) is 60.7 cm³/mol. The van der Waals surface area contributed by atoms with E-state index in [9.17, 15) is 9.59 Å². The van der Waals surface area contributed by atoms with Gasteiger partial charge >= 0.3 is 12.0 Å². The van der Waals surface area contributed by atoms with Gasteiger partial charge in [-0.2, -0.15) is 0 Å². The van der Waals surface area contributed by atoms with Crippen LogP contribution in [0, 0.1) is 5.92 Å². The maximum Gasteiger partial charge on any atom is 0.317 e. The second-order valence-corrected chi connectivity index (χ2v) is 4.35. The van der Waals surface area contributed by atoms with Crippen molar-refractivity contribution in [3.8, 4) is 0 Å². The highest BCUT2D eigenvalue weighted by Crippen LogP contribution is 2.19. The van der Waals surface area contributed by atoms with E-state index in [4.69, 9.17) is 5.11 Å². The van der Waals surface area contributed by atoms with E-state index in [1.165, 1.54) is 6.26 Å². The molecule has 7 nitrogen and oxygen atoms in total. The summed E-state index contributed by atoms with van der Waals surface area (Å²) in [5.41, 5.74) is 0.657. The van der Waals surface area contributed by atoms with Gasteiger partial charge in [0.1, 0.15) is 12.0 Å². The van der Waals surface area contributed by atoms with Crippen molar-refractivity contribution >= 4 is 12.0 Å². The Bertz CT molecular complexity index is 418. The normalized spacial score (nSPS) is 18.9. The summed E-state index contributed by atoms with van der Waals surface area (Å²) in [4.78, 5) is 24.0. The van der Waals surface area contributed by atoms with Gasteiger partial charge in [0.25, 0.3) is 0 Å². The van der Waals surface area contributed by atoms with Crippen LogP contribution in [0.4, 0.5) is 4.79 Å². The number of hydrogen-bond acceptors (Lipinski definition) is 4. The molecular formula is C11H15N3O4. The molecule has 98 valence electrons. The summed E-state index contributed by atoms with van der Waals surface area (Å²) in [6.07, 6.45) is 2.30. The number of likely N-dealkylation sites (tertiary alicyclic amines) is 1. The number of nitrogens with zero attached hydrogens (tertiary/aromatic N) is 2. The molecule has 1 aromatic heterocycles. The summed E-state index contributed by atoms with van der Waals surface area (Å²) >= 11 is 0. The Labute approximate surface area is 104 Å². The van der Waals surface area contributed by atoms with Gasteiger partial charge in [-0.15, -0.1) is 0 Å². The lowest BCUT2D eigenvalue weighted by Crippen LogP contribution is -2.38. The molecule has 1 fully saturated rings. The van der Waals surface area contributed by atoms with Gasteiger partial charge in [-0.05, 0) is 12.3 Å². The van der Waals surface area contributed by atoms with Crippen LogP contribution in [0.15, 0.2) is 16.9 Å².